The summed E-state index contributed by atoms with van der Waals surface area (Å²) >= 11 is 0. The van der Waals surface area contributed by atoms with Gasteiger partial charge in [0, 0.05) is 0 Å². The summed E-state index contributed by atoms with van der Waals surface area (Å²) in [6.45, 7) is 0.137. The summed E-state index contributed by atoms with van der Waals surface area (Å²) in [6.07, 6.45) is -2.05. The lowest BCUT2D eigenvalue weighted by molar-refractivity contribution is -0.222. The molecule has 0 unspecified atom stereocenters. The standard InChI is InChI=1S/C11H14FN5O5/c1-10(20)8(22-4(2-18)11(10,12)21)17-3-14-5-6(17)15-9(13)16-7(5)19/h3-4,8,18,20-21H,2H2,1H3,(H3,13,15,16,19)/t4-,8-,10+,11-/m1/s1. The minimum atomic E-state index is -3.21. The van der Waals surface area contributed by atoms with E-state index in [0.29, 0.717) is 0 Å². The fraction of sp³-hybridized carbons (Fsp3) is 0.545. The van der Waals surface area contributed by atoms with Gasteiger partial charge in [-0.25, -0.2) is 9.37 Å². The first-order valence-corrected chi connectivity index (χ1v) is 6.32. The summed E-state index contributed by atoms with van der Waals surface area (Å²) in [5, 5.41) is 29.2. The number of nitrogens with two attached hydrogens (primary N) is 1. The largest absolute Gasteiger partial charge is 0.393 e. The van der Waals surface area contributed by atoms with Gasteiger partial charge in [-0.3, -0.25) is 14.3 Å². The molecular formula is C11H14FN5O5. The molecule has 1 saturated heterocycles. The van der Waals surface area contributed by atoms with E-state index in [0.717, 1.165) is 17.8 Å². The first kappa shape index (κ1) is 14.8. The number of rotatable bonds is 2. The quantitative estimate of drug-likeness (QED) is 0.425. The maximum atomic E-state index is 14.3. The van der Waals surface area contributed by atoms with Crippen molar-refractivity contribution >= 4 is 17.1 Å². The molecule has 0 aromatic carbocycles. The first-order chi connectivity index (χ1) is 10.2. The number of aromatic nitrogens is 4. The summed E-state index contributed by atoms with van der Waals surface area (Å²) in [5.74, 6) is -3.42. The Labute approximate surface area is 122 Å². The Bertz CT molecular complexity index is 785. The second-order valence-corrected chi connectivity index (χ2v) is 5.26. The van der Waals surface area contributed by atoms with Gasteiger partial charge in [-0.2, -0.15) is 4.98 Å². The van der Waals surface area contributed by atoms with E-state index in [1.165, 1.54) is 0 Å². The van der Waals surface area contributed by atoms with Crippen molar-refractivity contribution < 1.29 is 24.4 Å². The van der Waals surface area contributed by atoms with Gasteiger partial charge in [0.1, 0.15) is 6.10 Å². The molecule has 1 aliphatic heterocycles. The molecule has 3 heterocycles. The lowest BCUT2D eigenvalue weighted by Crippen LogP contribution is -2.53. The molecule has 3 rings (SSSR count). The van der Waals surface area contributed by atoms with Crippen molar-refractivity contribution in [2.45, 2.75) is 30.7 Å². The zero-order valence-corrected chi connectivity index (χ0v) is 11.4. The number of fused-ring (bicyclic) bond motifs is 1. The van der Waals surface area contributed by atoms with Crippen LogP contribution >= 0.6 is 0 Å². The van der Waals surface area contributed by atoms with E-state index in [1.807, 2.05) is 0 Å². The third kappa shape index (κ3) is 1.76. The zero-order valence-electron chi connectivity index (χ0n) is 11.4. The van der Waals surface area contributed by atoms with E-state index in [4.69, 9.17) is 15.6 Å². The van der Waals surface area contributed by atoms with Gasteiger partial charge in [-0.15, -0.1) is 0 Å². The fourth-order valence-electron chi connectivity index (χ4n) is 2.49. The van der Waals surface area contributed by atoms with E-state index in [2.05, 4.69) is 15.0 Å². The molecule has 0 spiro atoms. The third-order valence-electron chi connectivity index (χ3n) is 3.78. The normalized spacial score (nSPS) is 35.3. The number of imidazole rings is 1. The lowest BCUT2D eigenvalue weighted by atomic mass is 9.94. The summed E-state index contributed by atoms with van der Waals surface area (Å²) in [5.41, 5.74) is 2.26. The van der Waals surface area contributed by atoms with Crippen LogP contribution in [0.1, 0.15) is 13.2 Å². The van der Waals surface area contributed by atoms with E-state index in [-0.39, 0.29) is 17.1 Å². The zero-order chi connectivity index (χ0) is 16.3. The van der Waals surface area contributed by atoms with E-state index < -0.39 is 36.0 Å². The minimum Gasteiger partial charge on any atom is -0.393 e. The van der Waals surface area contributed by atoms with Crippen LogP contribution in [-0.2, 0) is 4.74 Å². The Morgan fingerprint density at radius 3 is 2.86 bits per heavy atom. The van der Waals surface area contributed by atoms with Gasteiger partial charge < -0.3 is 25.8 Å². The molecule has 0 aliphatic carbocycles. The number of hydrogen-bond donors (Lipinski definition) is 5. The summed E-state index contributed by atoms with van der Waals surface area (Å²) in [4.78, 5) is 21.6. The molecule has 11 heteroatoms. The molecule has 0 radical (unpaired) electrons. The fourth-order valence-corrected chi connectivity index (χ4v) is 2.49. The lowest BCUT2D eigenvalue weighted by Gasteiger charge is -2.31. The van der Waals surface area contributed by atoms with Crippen LogP contribution in [0, 0.1) is 0 Å². The maximum absolute atomic E-state index is 14.3. The Balaban J connectivity index is 2.18. The number of aromatic amines is 1. The van der Waals surface area contributed by atoms with Crippen LogP contribution in [0.2, 0.25) is 0 Å². The second kappa shape index (κ2) is 4.46. The highest BCUT2D eigenvalue weighted by Crippen LogP contribution is 2.46. The number of nitrogen functional groups attached to an aromatic ring is 1. The number of anilines is 1. The molecule has 1 aliphatic rings. The number of nitrogens with zero attached hydrogens (tertiary/aromatic N) is 3. The molecule has 120 valence electrons. The summed E-state index contributed by atoms with van der Waals surface area (Å²) in [6, 6.07) is 0. The molecule has 2 aromatic rings. The van der Waals surface area contributed by atoms with Crippen LogP contribution < -0.4 is 11.3 Å². The van der Waals surface area contributed by atoms with Crippen LogP contribution in [-0.4, -0.2) is 59.0 Å². The molecule has 4 atom stereocenters. The van der Waals surface area contributed by atoms with Crippen LogP contribution in [0.3, 0.4) is 0 Å². The number of alkyl halides is 1. The first-order valence-electron chi connectivity index (χ1n) is 6.32. The topological polar surface area (TPSA) is 160 Å². The maximum Gasteiger partial charge on any atom is 0.280 e. The van der Waals surface area contributed by atoms with Crippen molar-refractivity contribution in [2.75, 3.05) is 12.3 Å². The van der Waals surface area contributed by atoms with E-state index in [9.17, 15) is 19.4 Å². The van der Waals surface area contributed by atoms with Crippen molar-refractivity contribution in [3.05, 3.63) is 16.7 Å². The number of aliphatic hydroxyl groups excluding tert-OH is 1. The second-order valence-electron chi connectivity index (χ2n) is 5.26. The van der Waals surface area contributed by atoms with Gasteiger partial charge in [0.15, 0.2) is 23.0 Å². The van der Waals surface area contributed by atoms with Crippen LogP contribution in [0.25, 0.3) is 11.2 Å². The van der Waals surface area contributed by atoms with Crippen molar-refractivity contribution in [1.29, 1.82) is 0 Å². The average molecular weight is 315 g/mol. The van der Waals surface area contributed by atoms with Crippen LogP contribution in [0.15, 0.2) is 11.1 Å². The molecule has 22 heavy (non-hydrogen) atoms. The molecule has 0 bridgehead atoms. The van der Waals surface area contributed by atoms with Crippen molar-refractivity contribution in [1.82, 2.24) is 19.5 Å². The predicted molar refractivity (Wildman–Crippen MR) is 70.2 cm³/mol. The molecular weight excluding hydrogens is 301 g/mol. The summed E-state index contributed by atoms with van der Waals surface area (Å²) in [7, 11) is 0. The van der Waals surface area contributed by atoms with Gasteiger partial charge in [-0.05, 0) is 6.92 Å². The third-order valence-corrected chi connectivity index (χ3v) is 3.78. The van der Waals surface area contributed by atoms with E-state index in [1.54, 1.807) is 0 Å². The van der Waals surface area contributed by atoms with Crippen LogP contribution in [0.4, 0.5) is 10.3 Å². The number of hydrogen-bond acceptors (Lipinski definition) is 8. The Kier molecular flexibility index (Phi) is 3.01. The molecule has 2 aromatic heterocycles. The number of H-pyrrole nitrogens is 1. The highest BCUT2D eigenvalue weighted by atomic mass is 19.2. The molecule has 0 amide bonds. The van der Waals surface area contributed by atoms with Gasteiger partial charge in [0.2, 0.25) is 5.95 Å². The monoisotopic (exact) mass is 315 g/mol. The SMILES string of the molecule is C[C@]1(O)[C@H](n2cnc3c(=O)[nH]c(N)nc32)O[C@H](CO)[C@]1(O)F. The summed E-state index contributed by atoms with van der Waals surface area (Å²) < 4.78 is 20.6. The Hall–Kier alpha value is -2.08. The van der Waals surface area contributed by atoms with Crippen molar-refractivity contribution in [2.24, 2.45) is 0 Å². The van der Waals surface area contributed by atoms with Crippen molar-refractivity contribution in [3.63, 3.8) is 0 Å². The van der Waals surface area contributed by atoms with Crippen LogP contribution in [0.5, 0.6) is 0 Å². The molecule has 10 nitrogen and oxygen atoms in total. The number of nitrogens with one attached hydrogen (secondary N) is 1. The number of halogens is 1. The Morgan fingerprint density at radius 2 is 2.27 bits per heavy atom. The van der Waals surface area contributed by atoms with Gasteiger partial charge in [0.05, 0.1) is 12.9 Å². The predicted octanol–water partition coefficient (Wildman–Crippen LogP) is -2.00. The average Bonchev–Trinajstić information content (AvgIpc) is 2.89. The molecule has 6 N–H and O–H groups in total. The minimum absolute atomic E-state index is 0.0547. The molecule has 0 saturated carbocycles. The van der Waals surface area contributed by atoms with Crippen molar-refractivity contribution in [3.8, 4) is 0 Å². The Morgan fingerprint density at radius 1 is 1.59 bits per heavy atom. The molecule has 1 fully saturated rings. The van der Waals surface area contributed by atoms with Gasteiger partial charge >= 0.3 is 0 Å². The van der Waals surface area contributed by atoms with Gasteiger partial charge in [0.25, 0.3) is 11.4 Å². The highest BCUT2D eigenvalue weighted by molar-refractivity contribution is 5.70. The van der Waals surface area contributed by atoms with Gasteiger partial charge in [-0.1, -0.05) is 0 Å². The highest BCUT2D eigenvalue weighted by Gasteiger charge is 2.65. The number of ether oxygens (including phenoxy) is 1. The van der Waals surface area contributed by atoms with E-state index >= 15 is 0 Å². The smallest absolute Gasteiger partial charge is 0.280 e. The number of aliphatic hydroxyl groups is 3.